The Bertz CT molecular complexity index is 676. The van der Waals surface area contributed by atoms with Crippen LogP contribution in [0.2, 0.25) is 0 Å². The van der Waals surface area contributed by atoms with Crippen LogP contribution in [0.4, 0.5) is 0 Å². The number of aliphatic hydroxyl groups excluding tert-OH is 4. The molecule has 4 fully saturated rings. The van der Waals surface area contributed by atoms with Gasteiger partial charge in [0.2, 0.25) is 0 Å². The molecule has 4 saturated carbocycles. The van der Waals surface area contributed by atoms with E-state index in [9.17, 15) is 20.4 Å². The van der Waals surface area contributed by atoms with Crippen LogP contribution in [-0.4, -0.2) is 44.8 Å². The van der Waals surface area contributed by atoms with Gasteiger partial charge in [0.05, 0.1) is 24.4 Å². The van der Waals surface area contributed by atoms with Gasteiger partial charge in [-0.1, -0.05) is 46.8 Å². The summed E-state index contributed by atoms with van der Waals surface area (Å²) in [6.07, 6.45) is 9.23. The van der Waals surface area contributed by atoms with Crippen LogP contribution < -0.4 is 0 Å². The molecule has 31 heavy (non-hydrogen) atoms. The van der Waals surface area contributed by atoms with Gasteiger partial charge in [0.25, 0.3) is 0 Å². The van der Waals surface area contributed by atoms with Gasteiger partial charge in [-0.3, -0.25) is 0 Å². The number of allylic oxidation sites excluding steroid dienone is 1. The average molecular weight is 435 g/mol. The Kier molecular flexibility index (Phi) is 6.44. The smallest absolute Gasteiger partial charge is 0.0743 e. The molecule has 4 aliphatic carbocycles. The maximum Gasteiger partial charge on any atom is 0.0743 e. The minimum Gasteiger partial charge on any atom is -0.393 e. The summed E-state index contributed by atoms with van der Waals surface area (Å²) in [5, 5.41) is 43.0. The Labute approximate surface area is 189 Å². The van der Waals surface area contributed by atoms with Gasteiger partial charge in [-0.2, -0.15) is 0 Å². The summed E-state index contributed by atoms with van der Waals surface area (Å²) in [6.45, 7) is 11.1. The lowest BCUT2D eigenvalue weighted by molar-refractivity contribution is -0.180. The van der Waals surface area contributed by atoms with Crippen LogP contribution >= 0.6 is 0 Å². The van der Waals surface area contributed by atoms with Gasteiger partial charge in [-0.15, -0.1) is 0 Å². The summed E-state index contributed by atoms with van der Waals surface area (Å²) < 4.78 is 0. The summed E-state index contributed by atoms with van der Waals surface area (Å²) in [5.41, 5.74) is 0.151. The molecule has 12 atom stereocenters. The van der Waals surface area contributed by atoms with Gasteiger partial charge in [-0.05, 0) is 97.2 Å². The fraction of sp³-hybridized carbons (Fsp3) is 0.926. The van der Waals surface area contributed by atoms with Crippen molar-refractivity contribution in [1.82, 2.24) is 0 Å². The summed E-state index contributed by atoms with van der Waals surface area (Å²) in [5.74, 6) is 2.26. The zero-order valence-electron chi connectivity index (χ0n) is 20.2. The van der Waals surface area contributed by atoms with Crippen molar-refractivity contribution in [2.24, 2.45) is 52.3 Å². The Morgan fingerprint density at radius 2 is 1.48 bits per heavy atom. The highest BCUT2D eigenvalue weighted by atomic mass is 16.3. The van der Waals surface area contributed by atoms with E-state index in [1.54, 1.807) is 0 Å². The van der Waals surface area contributed by atoms with Gasteiger partial charge in [0.15, 0.2) is 0 Å². The molecule has 4 N–H and O–H groups in total. The summed E-state index contributed by atoms with van der Waals surface area (Å²) >= 11 is 0. The number of fused-ring (bicyclic) bond motifs is 5. The second-order valence-corrected chi connectivity index (χ2v) is 12.6. The van der Waals surface area contributed by atoms with E-state index in [1.165, 1.54) is 6.42 Å². The number of aliphatic hydroxyl groups is 4. The molecule has 0 heterocycles. The predicted octanol–water partition coefficient (Wildman–Crippen LogP) is 4.16. The van der Waals surface area contributed by atoms with Crippen molar-refractivity contribution >= 4 is 0 Å². The molecule has 5 unspecified atom stereocenters. The molecule has 0 aromatic carbocycles. The van der Waals surface area contributed by atoms with Crippen LogP contribution in [0.1, 0.15) is 79.6 Å². The minimum absolute atomic E-state index is 0.0736. The Balaban J connectivity index is 1.58. The second kappa shape index (κ2) is 8.42. The van der Waals surface area contributed by atoms with Gasteiger partial charge in [0, 0.05) is 0 Å². The first-order valence-electron chi connectivity index (χ1n) is 12.9. The number of hydrogen-bond donors (Lipinski definition) is 4. The van der Waals surface area contributed by atoms with E-state index in [4.69, 9.17) is 0 Å². The van der Waals surface area contributed by atoms with Crippen molar-refractivity contribution in [2.75, 3.05) is 0 Å². The molecular weight excluding hydrogens is 388 g/mol. The van der Waals surface area contributed by atoms with E-state index in [2.05, 4.69) is 26.8 Å². The highest BCUT2D eigenvalue weighted by Crippen LogP contribution is 2.68. The SMILES string of the molecule is CC(C)[C@@H](O)/C=C/[C@@H](C)C1CC(O)C2[C@@H]3C[C@H](O)C4C[C@@H](O)CC[C@]4(C)C3CC[C@@]21C. The highest BCUT2D eigenvalue weighted by Gasteiger charge is 2.64. The van der Waals surface area contributed by atoms with Crippen molar-refractivity contribution < 1.29 is 20.4 Å². The van der Waals surface area contributed by atoms with Crippen LogP contribution in [0.3, 0.4) is 0 Å². The van der Waals surface area contributed by atoms with Gasteiger partial charge in [-0.25, -0.2) is 0 Å². The summed E-state index contributed by atoms with van der Waals surface area (Å²) in [4.78, 5) is 0. The van der Waals surface area contributed by atoms with Crippen LogP contribution in [0.5, 0.6) is 0 Å². The Morgan fingerprint density at radius 3 is 2.16 bits per heavy atom. The first-order chi connectivity index (χ1) is 14.5. The zero-order valence-corrected chi connectivity index (χ0v) is 20.2. The fourth-order valence-corrected chi connectivity index (χ4v) is 8.85. The van der Waals surface area contributed by atoms with Crippen LogP contribution in [0, 0.1) is 52.3 Å². The summed E-state index contributed by atoms with van der Waals surface area (Å²) in [6, 6.07) is 0. The minimum atomic E-state index is -0.417. The molecule has 0 saturated heterocycles. The highest BCUT2D eigenvalue weighted by molar-refractivity contribution is 5.14. The standard InChI is InChI=1S/C27H46O4/c1-15(2)22(29)7-6-16(3)20-14-24(31)25-18-13-23(30)21-12-17(28)8-10-26(21,4)19(18)9-11-27(20,25)5/h6-7,15-25,28-31H,8-14H2,1-5H3/b7-6+/t16-,17+,18-,19?,20?,21?,22+,23+,24?,25?,26-,27-/m1/s1. The van der Waals surface area contributed by atoms with Crippen molar-refractivity contribution in [1.29, 1.82) is 0 Å². The molecule has 178 valence electrons. The maximum atomic E-state index is 11.3. The third-order valence-corrected chi connectivity index (χ3v) is 10.6. The number of hydrogen-bond acceptors (Lipinski definition) is 4. The third kappa shape index (κ3) is 3.84. The molecule has 0 spiro atoms. The Hall–Kier alpha value is -0.420. The monoisotopic (exact) mass is 434 g/mol. The van der Waals surface area contributed by atoms with E-state index < -0.39 is 6.10 Å². The second-order valence-electron chi connectivity index (χ2n) is 12.6. The van der Waals surface area contributed by atoms with E-state index in [0.29, 0.717) is 23.7 Å². The third-order valence-electron chi connectivity index (χ3n) is 10.6. The largest absolute Gasteiger partial charge is 0.393 e. The quantitative estimate of drug-likeness (QED) is 0.501. The predicted molar refractivity (Wildman–Crippen MR) is 123 cm³/mol. The average Bonchev–Trinajstić information content (AvgIpc) is 2.98. The Morgan fingerprint density at radius 1 is 0.806 bits per heavy atom. The lowest BCUT2D eigenvalue weighted by atomic mass is 9.43. The summed E-state index contributed by atoms with van der Waals surface area (Å²) in [7, 11) is 0. The van der Waals surface area contributed by atoms with E-state index in [-0.39, 0.29) is 46.9 Å². The van der Waals surface area contributed by atoms with E-state index in [1.807, 2.05) is 19.9 Å². The van der Waals surface area contributed by atoms with E-state index in [0.717, 1.165) is 38.5 Å². The lowest BCUT2D eigenvalue weighted by Gasteiger charge is -2.62. The zero-order chi connectivity index (χ0) is 22.7. The molecular formula is C27H46O4. The van der Waals surface area contributed by atoms with Crippen molar-refractivity contribution in [3.8, 4) is 0 Å². The van der Waals surface area contributed by atoms with Gasteiger partial charge in [0.1, 0.15) is 0 Å². The first-order valence-corrected chi connectivity index (χ1v) is 12.9. The molecule has 0 amide bonds. The van der Waals surface area contributed by atoms with Crippen LogP contribution in [0.15, 0.2) is 12.2 Å². The topological polar surface area (TPSA) is 80.9 Å². The lowest BCUT2D eigenvalue weighted by Crippen LogP contribution is -2.59. The molecule has 0 aromatic rings. The maximum absolute atomic E-state index is 11.3. The molecule has 0 aliphatic heterocycles. The molecule has 0 bridgehead atoms. The van der Waals surface area contributed by atoms with Gasteiger partial charge >= 0.3 is 0 Å². The molecule has 0 radical (unpaired) electrons. The normalized spacial score (nSPS) is 51.9. The molecule has 4 heteroatoms. The molecule has 4 aliphatic rings. The first kappa shape index (κ1) is 23.7. The molecule has 0 aromatic heterocycles. The molecule has 4 rings (SSSR count). The van der Waals surface area contributed by atoms with Crippen molar-refractivity contribution in [3.05, 3.63) is 12.2 Å². The van der Waals surface area contributed by atoms with Crippen LogP contribution in [-0.2, 0) is 0 Å². The van der Waals surface area contributed by atoms with E-state index >= 15 is 0 Å². The van der Waals surface area contributed by atoms with Gasteiger partial charge < -0.3 is 20.4 Å². The number of rotatable bonds is 4. The fourth-order valence-electron chi connectivity index (χ4n) is 8.85. The molecule has 4 nitrogen and oxygen atoms in total. The van der Waals surface area contributed by atoms with Crippen molar-refractivity contribution in [3.63, 3.8) is 0 Å². The van der Waals surface area contributed by atoms with Crippen LogP contribution in [0.25, 0.3) is 0 Å². The van der Waals surface area contributed by atoms with Crippen molar-refractivity contribution in [2.45, 2.75) is 104 Å².